The Morgan fingerprint density at radius 3 is 2.76 bits per heavy atom. The van der Waals surface area contributed by atoms with E-state index in [0.29, 0.717) is 24.4 Å². The van der Waals surface area contributed by atoms with Gasteiger partial charge in [-0.25, -0.2) is 13.9 Å². The summed E-state index contributed by atoms with van der Waals surface area (Å²) in [5.74, 6) is -0.124. The fourth-order valence-corrected chi connectivity index (χ4v) is 2.39. The molecule has 1 atom stereocenters. The van der Waals surface area contributed by atoms with E-state index in [9.17, 15) is 14.3 Å². The van der Waals surface area contributed by atoms with Crippen molar-refractivity contribution < 1.29 is 14.3 Å². The Labute approximate surface area is 125 Å². The number of thioether (sulfide) groups is 1. The van der Waals surface area contributed by atoms with E-state index in [4.69, 9.17) is 0 Å². The van der Waals surface area contributed by atoms with Gasteiger partial charge in [0.2, 0.25) is 0 Å². The monoisotopic (exact) mass is 310 g/mol. The predicted molar refractivity (Wildman–Crippen MR) is 76.7 cm³/mol. The standard InChI is InChI=1S/C13H15FN4O2S/c1-21-7-6-11(13(19)20)18-12(15-16-17-18)8-9-2-4-10(14)5-3-9/h2-5,11H,6-8H2,1H3,(H,19,20). The average molecular weight is 310 g/mol. The van der Waals surface area contributed by atoms with E-state index < -0.39 is 12.0 Å². The molecule has 0 bridgehead atoms. The summed E-state index contributed by atoms with van der Waals surface area (Å²) in [5, 5.41) is 20.6. The first kappa shape index (κ1) is 15.4. The van der Waals surface area contributed by atoms with Crippen LogP contribution in [-0.4, -0.2) is 43.3 Å². The van der Waals surface area contributed by atoms with Crippen molar-refractivity contribution in [3.8, 4) is 0 Å². The third kappa shape index (κ3) is 4.01. The van der Waals surface area contributed by atoms with Gasteiger partial charge < -0.3 is 5.11 Å². The van der Waals surface area contributed by atoms with E-state index in [1.165, 1.54) is 16.8 Å². The second-order valence-electron chi connectivity index (χ2n) is 4.48. The highest BCUT2D eigenvalue weighted by molar-refractivity contribution is 7.98. The van der Waals surface area contributed by atoms with Gasteiger partial charge in [-0.05, 0) is 46.6 Å². The number of carboxylic acid groups (broad SMARTS) is 1. The number of tetrazole rings is 1. The molecule has 2 rings (SSSR count). The highest BCUT2D eigenvalue weighted by Gasteiger charge is 2.23. The van der Waals surface area contributed by atoms with Crippen molar-refractivity contribution in [3.63, 3.8) is 0 Å². The number of hydrogen-bond acceptors (Lipinski definition) is 5. The number of benzene rings is 1. The molecule has 112 valence electrons. The van der Waals surface area contributed by atoms with Crippen LogP contribution in [0.2, 0.25) is 0 Å². The molecule has 1 N–H and O–H groups in total. The van der Waals surface area contributed by atoms with Crippen molar-refractivity contribution >= 4 is 17.7 Å². The summed E-state index contributed by atoms with van der Waals surface area (Å²) in [6.45, 7) is 0. The Bertz CT molecular complexity index is 602. The lowest BCUT2D eigenvalue weighted by atomic mass is 10.1. The highest BCUT2D eigenvalue weighted by Crippen LogP contribution is 2.17. The van der Waals surface area contributed by atoms with Crippen LogP contribution in [0.4, 0.5) is 4.39 Å². The fourth-order valence-electron chi connectivity index (χ4n) is 1.94. The fraction of sp³-hybridized carbons (Fsp3) is 0.385. The summed E-state index contributed by atoms with van der Waals surface area (Å²) in [5.41, 5.74) is 0.821. The van der Waals surface area contributed by atoms with Crippen molar-refractivity contribution in [1.82, 2.24) is 20.2 Å². The molecule has 1 unspecified atom stereocenters. The molecule has 0 saturated heterocycles. The van der Waals surface area contributed by atoms with Gasteiger partial charge in [-0.1, -0.05) is 12.1 Å². The quantitative estimate of drug-likeness (QED) is 0.839. The molecule has 0 spiro atoms. The van der Waals surface area contributed by atoms with Crippen LogP contribution in [0.15, 0.2) is 24.3 Å². The molecule has 1 aromatic carbocycles. The van der Waals surface area contributed by atoms with Crippen LogP contribution in [-0.2, 0) is 11.2 Å². The first-order valence-corrected chi connectivity index (χ1v) is 7.74. The first-order valence-electron chi connectivity index (χ1n) is 6.34. The zero-order chi connectivity index (χ0) is 15.2. The lowest BCUT2D eigenvalue weighted by Crippen LogP contribution is -2.23. The van der Waals surface area contributed by atoms with Gasteiger partial charge in [-0.2, -0.15) is 11.8 Å². The maximum Gasteiger partial charge on any atom is 0.328 e. The summed E-state index contributed by atoms with van der Waals surface area (Å²) < 4.78 is 14.2. The van der Waals surface area contributed by atoms with Gasteiger partial charge in [-0.3, -0.25) is 0 Å². The molecule has 0 radical (unpaired) electrons. The van der Waals surface area contributed by atoms with Gasteiger partial charge in [0.1, 0.15) is 5.82 Å². The molecular weight excluding hydrogens is 295 g/mol. The van der Waals surface area contributed by atoms with Gasteiger partial charge in [0, 0.05) is 6.42 Å². The molecule has 0 amide bonds. The van der Waals surface area contributed by atoms with E-state index in [0.717, 1.165) is 5.56 Å². The normalized spacial score (nSPS) is 12.3. The Hall–Kier alpha value is -1.96. The SMILES string of the molecule is CSCCC(C(=O)O)n1nnnc1Cc1ccc(F)cc1. The third-order valence-electron chi connectivity index (χ3n) is 3.01. The van der Waals surface area contributed by atoms with Crippen LogP contribution >= 0.6 is 11.8 Å². The number of aliphatic carboxylic acids is 1. The molecule has 21 heavy (non-hydrogen) atoms. The number of carbonyl (C=O) groups is 1. The Morgan fingerprint density at radius 1 is 1.43 bits per heavy atom. The summed E-state index contributed by atoms with van der Waals surface area (Å²) in [4.78, 5) is 11.4. The Balaban J connectivity index is 2.20. The number of nitrogens with zero attached hydrogens (tertiary/aromatic N) is 4. The zero-order valence-corrected chi connectivity index (χ0v) is 12.3. The maximum atomic E-state index is 12.9. The first-order chi connectivity index (χ1) is 10.1. The molecule has 0 aliphatic rings. The molecule has 0 aliphatic carbocycles. The van der Waals surface area contributed by atoms with Gasteiger partial charge in [-0.15, -0.1) is 5.10 Å². The predicted octanol–water partition coefficient (Wildman–Crippen LogP) is 1.78. The van der Waals surface area contributed by atoms with Gasteiger partial charge in [0.15, 0.2) is 11.9 Å². The van der Waals surface area contributed by atoms with E-state index >= 15 is 0 Å². The Kier molecular flexibility index (Phi) is 5.26. The van der Waals surface area contributed by atoms with Crippen LogP contribution in [0.3, 0.4) is 0 Å². The van der Waals surface area contributed by atoms with E-state index in [-0.39, 0.29) is 5.82 Å². The molecule has 1 heterocycles. The van der Waals surface area contributed by atoms with Crippen LogP contribution in [0, 0.1) is 5.82 Å². The smallest absolute Gasteiger partial charge is 0.328 e. The molecule has 0 saturated carbocycles. The number of rotatable bonds is 7. The Morgan fingerprint density at radius 2 is 2.14 bits per heavy atom. The van der Waals surface area contributed by atoms with Crippen molar-refractivity contribution in [2.24, 2.45) is 0 Å². The van der Waals surface area contributed by atoms with Crippen molar-refractivity contribution in [2.75, 3.05) is 12.0 Å². The summed E-state index contributed by atoms with van der Waals surface area (Å²) >= 11 is 1.57. The molecule has 6 nitrogen and oxygen atoms in total. The van der Waals surface area contributed by atoms with Crippen LogP contribution < -0.4 is 0 Å². The van der Waals surface area contributed by atoms with Crippen molar-refractivity contribution in [2.45, 2.75) is 18.9 Å². The molecular formula is C13H15FN4O2S. The largest absolute Gasteiger partial charge is 0.480 e. The molecule has 0 fully saturated rings. The number of hydrogen-bond donors (Lipinski definition) is 1. The zero-order valence-electron chi connectivity index (χ0n) is 11.4. The highest BCUT2D eigenvalue weighted by atomic mass is 32.2. The minimum Gasteiger partial charge on any atom is -0.480 e. The molecule has 0 aliphatic heterocycles. The summed E-state index contributed by atoms with van der Waals surface area (Å²) in [7, 11) is 0. The van der Waals surface area contributed by atoms with E-state index in [2.05, 4.69) is 15.5 Å². The average Bonchev–Trinajstić information content (AvgIpc) is 2.90. The summed E-state index contributed by atoms with van der Waals surface area (Å²) in [6, 6.07) is 5.18. The van der Waals surface area contributed by atoms with Crippen LogP contribution in [0.1, 0.15) is 23.9 Å². The minimum absolute atomic E-state index is 0.318. The van der Waals surface area contributed by atoms with Crippen LogP contribution in [0.5, 0.6) is 0 Å². The van der Waals surface area contributed by atoms with Gasteiger partial charge in [0.05, 0.1) is 0 Å². The van der Waals surface area contributed by atoms with Crippen molar-refractivity contribution in [1.29, 1.82) is 0 Å². The number of aromatic nitrogens is 4. The number of halogens is 1. The van der Waals surface area contributed by atoms with Gasteiger partial charge >= 0.3 is 5.97 Å². The molecule has 2 aromatic rings. The number of carboxylic acids is 1. The second-order valence-corrected chi connectivity index (χ2v) is 5.46. The van der Waals surface area contributed by atoms with Crippen LogP contribution in [0.25, 0.3) is 0 Å². The molecule has 1 aromatic heterocycles. The summed E-state index contributed by atoms with van der Waals surface area (Å²) in [6.07, 6.45) is 2.71. The maximum absolute atomic E-state index is 12.9. The van der Waals surface area contributed by atoms with E-state index in [1.807, 2.05) is 6.26 Å². The minimum atomic E-state index is -0.961. The second kappa shape index (κ2) is 7.16. The van der Waals surface area contributed by atoms with Crippen molar-refractivity contribution in [3.05, 3.63) is 41.5 Å². The molecule has 8 heteroatoms. The third-order valence-corrected chi connectivity index (χ3v) is 3.66. The lowest BCUT2D eigenvalue weighted by Gasteiger charge is -2.13. The lowest BCUT2D eigenvalue weighted by molar-refractivity contribution is -0.141. The van der Waals surface area contributed by atoms with Gasteiger partial charge in [0.25, 0.3) is 0 Å². The topological polar surface area (TPSA) is 80.9 Å². The van der Waals surface area contributed by atoms with E-state index in [1.54, 1.807) is 23.9 Å².